The zero-order valence-electron chi connectivity index (χ0n) is 22.0. The first-order valence-electron chi connectivity index (χ1n) is 13.2. The van der Waals surface area contributed by atoms with Gasteiger partial charge in [0.05, 0.1) is 12.6 Å². The third-order valence-electron chi connectivity index (χ3n) is 6.67. The van der Waals surface area contributed by atoms with Crippen molar-refractivity contribution >= 4 is 5.91 Å². The van der Waals surface area contributed by atoms with Crippen LogP contribution in [-0.4, -0.2) is 10.8 Å². The van der Waals surface area contributed by atoms with E-state index in [1.165, 1.54) is 24.3 Å². The van der Waals surface area contributed by atoms with Crippen molar-refractivity contribution in [1.82, 2.24) is 10.2 Å². The summed E-state index contributed by atoms with van der Waals surface area (Å²) in [5, 5.41) is 3.13. The monoisotopic (exact) mass is 536 g/mol. The van der Waals surface area contributed by atoms with E-state index in [1.807, 2.05) is 66.7 Å². The van der Waals surface area contributed by atoms with E-state index < -0.39 is 0 Å². The number of benzene rings is 4. The molecule has 1 aromatic heterocycles. The van der Waals surface area contributed by atoms with Crippen LogP contribution in [0.2, 0.25) is 0 Å². The maximum atomic E-state index is 13.8. The zero-order chi connectivity index (χ0) is 27.7. The van der Waals surface area contributed by atoms with Crippen LogP contribution in [0.4, 0.5) is 8.78 Å². The molecule has 5 rings (SSSR count). The van der Waals surface area contributed by atoms with E-state index in [4.69, 9.17) is 4.42 Å². The predicted octanol–water partition coefficient (Wildman–Crippen LogP) is 7.47. The summed E-state index contributed by atoms with van der Waals surface area (Å²) in [7, 11) is 0. The van der Waals surface area contributed by atoms with Gasteiger partial charge in [-0.05, 0) is 65.1 Å². The quantitative estimate of drug-likeness (QED) is 0.190. The lowest BCUT2D eigenvalue weighted by Gasteiger charge is -2.22. The second-order valence-corrected chi connectivity index (χ2v) is 9.79. The largest absolute Gasteiger partial charge is 0.455 e. The predicted molar refractivity (Wildman–Crippen MR) is 151 cm³/mol. The van der Waals surface area contributed by atoms with Gasteiger partial charge < -0.3 is 9.73 Å². The van der Waals surface area contributed by atoms with E-state index >= 15 is 0 Å². The lowest BCUT2D eigenvalue weighted by atomic mass is 9.99. The third-order valence-corrected chi connectivity index (χ3v) is 6.67. The summed E-state index contributed by atoms with van der Waals surface area (Å²) in [5.74, 6) is -0.0893. The number of halogens is 2. The minimum atomic E-state index is -0.306. The smallest absolute Gasteiger partial charge is 0.287 e. The molecule has 0 bridgehead atoms. The van der Waals surface area contributed by atoms with Crippen molar-refractivity contribution in [3.63, 3.8) is 0 Å². The van der Waals surface area contributed by atoms with Gasteiger partial charge in [-0.2, -0.15) is 0 Å². The maximum Gasteiger partial charge on any atom is 0.287 e. The highest BCUT2D eigenvalue weighted by Crippen LogP contribution is 2.21. The Morgan fingerprint density at radius 1 is 0.675 bits per heavy atom. The van der Waals surface area contributed by atoms with Gasteiger partial charge in [-0.3, -0.25) is 9.69 Å². The van der Waals surface area contributed by atoms with Crippen LogP contribution in [0.5, 0.6) is 0 Å². The van der Waals surface area contributed by atoms with Crippen molar-refractivity contribution < 1.29 is 18.0 Å². The molecule has 202 valence electrons. The van der Waals surface area contributed by atoms with E-state index in [1.54, 1.807) is 30.3 Å². The van der Waals surface area contributed by atoms with Crippen molar-refractivity contribution in [3.8, 4) is 0 Å². The number of carbonyl (C=O) groups is 1. The summed E-state index contributed by atoms with van der Waals surface area (Å²) in [6.45, 7) is 1.32. The first-order chi connectivity index (χ1) is 19.5. The van der Waals surface area contributed by atoms with Crippen molar-refractivity contribution in [2.45, 2.75) is 32.1 Å². The minimum Gasteiger partial charge on any atom is -0.455 e. The molecule has 1 atom stereocenters. The summed E-state index contributed by atoms with van der Waals surface area (Å²) in [4.78, 5) is 15.3. The Labute approximate surface area is 232 Å². The van der Waals surface area contributed by atoms with Crippen LogP contribution in [0, 0.1) is 11.6 Å². The molecule has 0 radical (unpaired) electrons. The second-order valence-electron chi connectivity index (χ2n) is 9.79. The molecule has 0 saturated heterocycles. The average molecular weight is 537 g/mol. The zero-order valence-corrected chi connectivity index (χ0v) is 22.0. The van der Waals surface area contributed by atoms with Crippen LogP contribution in [0.3, 0.4) is 0 Å². The molecule has 0 spiro atoms. The molecular weight excluding hydrogens is 506 g/mol. The van der Waals surface area contributed by atoms with Crippen LogP contribution in [-0.2, 0) is 26.1 Å². The summed E-state index contributed by atoms with van der Waals surface area (Å²) in [5.41, 5.74) is 3.84. The van der Waals surface area contributed by atoms with Gasteiger partial charge in [0.1, 0.15) is 17.4 Å². The summed E-state index contributed by atoms with van der Waals surface area (Å²) in [6.07, 6.45) is 0.642. The van der Waals surface area contributed by atoms with Gasteiger partial charge in [-0.1, -0.05) is 84.9 Å². The summed E-state index contributed by atoms with van der Waals surface area (Å²) < 4.78 is 33.3. The van der Waals surface area contributed by atoms with Crippen LogP contribution < -0.4 is 5.32 Å². The third kappa shape index (κ3) is 7.52. The lowest BCUT2D eigenvalue weighted by molar-refractivity contribution is 0.0904. The molecular formula is C34H30F2N2O2. The van der Waals surface area contributed by atoms with E-state index in [0.717, 1.165) is 22.3 Å². The highest BCUT2D eigenvalue weighted by molar-refractivity contribution is 5.91. The maximum absolute atomic E-state index is 13.8. The van der Waals surface area contributed by atoms with Gasteiger partial charge in [0.25, 0.3) is 5.91 Å². The van der Waals surface area contributed by atoms with Gasteiger partial charge in [0, 0.05) is 13.1 Å². The van der Waals surface area contributed by atoms with Crippen molar-refractivity contribution in [1.29, 1.82) is 0 Å². The number of hydrogen-bond acceptors (Lipinski definition) is 3. The Kier molecular flexibility index (Phi) is 8.79. The highest BCUT2D eigenvalue weighted by atomic mass is 19.1. The number of carbonyl (C=O) groups excluding carboxylic acids is 1. The average Bonchev–Trinajstić information content (AvgIpc) is 3.44. The number of hydrogen-bond donors (Lipinski definition) is 1. The fourth-order valence-electron chi connectivity index (χ4n) is 4.73. The van der Waals surface area contributed by atoms with Crippen LogP contribution in [0.15, 0.2) is 126 Å². The SMILES string of the molecule is O=C(NC(Cc1ccccc1)c1ccccc1)c1ccc(CN(Cc2ccc(F)cc2)Cc2cccc(F)c2)o1. The fraction of sp³-hybridized carbons (Fsp3) is 0.147. The molecule has 5 aromatic rings. The number of rotatable bonds is 11. The van der Waals surface area contributed by atoms with Gasteiger partial charge >= 0.3 is 0 Å². The molecule has 40 heavy (non-hydrogen) atoms. The Bertz CT molecular complexity index is 1520. The van der Waals surface area contributed by atoms with Gasteiger partial charge in [0.15, 0.2) is 5.76 Å². The number of nitrogens with zero attached hydrogens (tertiary/aromatic N) is 1. The Balaban J connectivity index is 1.31. The molecule has 0 aliphatic heterocycles. The summed E-state index contributed by atoms with van der Waals surface area (Å²) in [6, 6.07) is 35.9. The Morgan fingerprint density at radius 3 is 2.08 bits per heavy atom. The standard InChI is InChI=1S/C34H30F2N2O2/c35-29-16-14-26(15-17-29)22-38(23-27-10-7-13-30(36)20-27)24-31-18-19-33(40-31)34(39)37-32(28-11-5-2-6-12-28)21-25-8-3-1-4-9-25/h1-20,32H,21-24H2,(H,37,39). The molecule has 1 unspecified atom stereocenters. The van der Waals surface area contributed by atoms with E-state index in [0.29, 0.717) is 31.8 Å². The molecule has 0 fully saturated rings. The topological polar surface area (TPSA) is 45.5 Å². The highest BCUT2D eigenvalue weighted by Gasteiger charge is 2.20. The molecule has 0 saturated carbocycles. The first kappa shape index (κ1) is 27.0. The van der Waals surface area contributed by atoms with Gasteiger partial charge in [-0.25, -0.2) is 8.78 Å². The van der Waals surface area contributed by atoms with Crippen LogP contribution >= 0.6 is 0 Å². The molecule has 4 aromatic carbocycles. The van der Waals surface area contributed by atoms with Gasteiger partial charge in [-0.15, -0.1) is 0 Å². The second kappa shape index (κ2) is 13.0. The number of nitrogens with one attached hydrogen (secondary N) is 1. The Morgan fingerprint density at radius 2 is 1.35 bits per heavy atom. The van der Waals surface area contributed by atoms with E-state index in [-0.39, 0.29) is 29.3 Å². The molecule has 0 aliphatic rings. The molecule has 1 amide bonds. The molecule has 1 N–H and O–H groups in total. The molecule has 1 heterocycles. The van der Waals surface area contributed by atoms with Crippen molar-refractivity contribution in [2.24, 2.45) is 0 Å². The van der Waals surface area contributed by atoms with Crippen molar-refractivity contribution in [2.75, 3.05) is 0 Å². The van der Waals surface area contributed by atoms with E-state index in [9.17, 15) is 13.6 Å². The summed E-state index contributed by atoms with van der Waals surface area (Å²) >= 11 is 0. The fourth-order valence-corrected chi connectivity index (χ4v) is 4.73. The molecule has 0 aliphatic carbocycles. The molecule has 4 nitrogen and oxygen atoms in total. The Hall–Kier alpha value is -4.55. The van der Waals surface area contributed by atoms with Crippen molar-refractivity contribution in [3.05, 3.63) is 167 Å². The van der Waals surface area contributed by atoms with Gasteiger partial charge in [0.2, 0.25) is 0 Å². The normalized spacial score (nSPS) is 11.9. The number of amides is 1. The lowest BCUT2D eigenvalue weighted by Crippen LogP contribution is -2.29. The first-order valence-corrected chi connectivity index (χ1v) is 13.2. The van der Waals surface area contributed by atoms with Crippen LogP contribution in [0.1, 0.15) is 44.6 Å². The number of furan rings is 1. The minimum absolute atomic E-state index is 0.219. The van der Waals surface area contributed by atoms with Crippen LogP contribution in [0.25, 0.3) is 0 Å². The van der Waals surface area contributed by atoms with E-state index in [2.05, 4.69) is 10.2 Å². The molecule has 6 heteroatoms.